The number of pyridine rings is 2. The summed E-state index contributed by atoms with van der Waals surface area (Å²) in [5, 5.41) is 11.7. The number of nitrogen functional groups attached to an aromatic ring is 2. The first kappa shape index (κ1) is 36.3. The number of imidazole rings is 1. The standard InChI is InChI=1S/C16H16FN5.C12H19N5O2.C7H5FO2/c17-12-3-1-11(2-4-12)15-19-13-5-6-14(20-16(13)21-15)22-9-7-18-8-10-22;1-2-19-12(18)17-7-5-16(6-8-17)10-4-3-9(13)11(14)15-10;8-6-3-1-5(2-4-6)7(9)10/h1-6,18H,7-10H2,(H,19,20,21);3-4H,2,5-8,13H2,1H3,(H2,14,15);1-4H,(H,9,10). The topological polar surface area (TPSA) is 192 Å². The third-order valence-corrected chi connectivity index (χ3v) is 8.05. The Kier molecular flexibility index (Phi) is 12.1. The van der Waals surface area contributed by atoms with Crippen molar-refractivity contribution in [2.75, 3.05) is 80.2 Å². The van der Waals surface area contributed by atoms with Crippen LogP contribution in [0.5, 0.6) is 0 Å². The molecule has 0 atom stereocenters. The van der Waals surface area contributed by atoms with Gasteiger partial charge in [0.2, 0.25) is 0 Å². The highest BCUT2D eigenvalue weighted by atomic mass is 19.1. The molecule has 7 rings (SSSR count). The number of piperazine rings is 2. The lowest BCUT2D eigenvalue weighted by Crippen LogP contribution is -2.49. The highest BCUT2D eigenvalue weighted by molar-refractivity contribution is 5.87. The SMILES string of the molecule is CCOC(=O)N1CCN(c2ccc(N)c(N)n2)CC1.Fc1ccc(-c2nc3nc(N4CCNCC4)ccc3[nH]2)cc1.O=C(O)c1ccc(F)cc1. The predicted molar refractivity (Wildman–Crippen MR) is 192 cm³/mol. The predicted octanol–water partition coefficient (Wildman–Crippen LogP) is 4.22. The monoisotopic (exact) mass is 702 g/mol. The van der Waals surface area contributed by atoms with Crippen molar-refractivity contribution in [3.63, 3.8) is 0 Å². The number of ether oxygens (including phenoxy) is 1. The summed E-state index contributed by atoms with van der Waals surface area (Å²) < 4.78 is 30.1. The maximum Gasteiger partial charge on any atom is 0.409 e. The van der Waals surface area contributed by atoms with Crippen molar-refractivity contribution in [3.05, 3.63) is 90.0 Å². The van der Waals surface area contributed by atoms with Crippen LogP contribution < -0.4 is 26.6 Å². The van der Waals surface area contributed by atoms with E-state index in [-0.39, 0.29) is 17.5 Å². The number of rotatable bonds is 5. The number of aromatic nitrogens is 4. The van der Waals surface area contributed by atoms with Crippen LogP contribution in [0.4, 0.5) is 36.7 Å². The van der Waals surface area contributed by atoms with Gasteiger partial charge < -0.3 is 46.3 Å². The molecule has 5 heterocycles. The van der Waals surface area contributed by atoms with Gasteiger partial charge in [0.25, 0.3) is 0 Å². The minimum atomic E-state index is -1.04. The fourth-order valence-corrected chi connectivity index (χ4v) is 5.27. The van der Waals surface area contributed by atoms with Gasteiger partial charge in [-0.05, 0) is 79.7 Å². The van der Waals surface area contributed by atoms with Crippen molar-refractivity contribution < 1.29 is 28.2 Å². The molecule has 3 aromatic heterocycles. The number of carbonyl (C=O) groups is 2. The van der Waals surface area contributed by atoms with Gasteiger partial charge in [-0.2, -0.15) is 0 Å². The van der Waals surface area contributed by atoms with Crippen LogP contribution in [0.3, 0.4) is 0 Å². The first-order valence-electron chi connectivity index (χ1n) is 16.4. The van der Waals surface area contributed by atoms with Crippen LogP contribution in [0, 0.1) is 11.6 Å². The summed E-state index contributed by atoms with van der Waals surface area (Å²) in [5.41, 5.74) is 14.3. The van der Waals surface area contributed by atoms with Gasteiger partial charge in [-0.15, -0.1) is 0 Å². The lowest BCUT2D eigenvalue weighted by Gasteiger charge is -2.34. The van der Waals surface area contributed by atoms with E-state index < -0.39 is 11.8 Å². The molecule has 0 radical (unpaired) electrons. The van der Waals surface area contributed by atoms with Crippen molar-refractivity contribution in [2.45, 2.75) is 6.92 Å². The van der Waals surface area contributed by atoms with Gasteiger partial charge >= 0.3 is 12.1 Å². The first-order valence-corrected chi connectivity index (χ1v) is 16.4. The molecule has 2 aliphatic heterocycles. The summed E-state index contributed by atoms with van der Waals surface area (Å²) in [5.74, 6) is 1.07. The number of carboxylic acids is 1. The molecule has 1 amide bonds. The zero-order valence-corrected chi connectivity index (χ0v) is 28.1. The molecule has 268 valence electrons. The fraction of sp³-hybridized carbons (Fsp3) is 0.286. The number of aromatic amines is 1. The number of nitrogens with two attached hydrogens (primary N) is 2. The molecule has 2 aromatic carbocycles. The smallest absolute Gasteiger partial charge is 0.409 e. The van der Waals surface area contributed by atoms with E-state index in [1.165, 1.54) is 24.3 Å². The van der Waals surface area contributed by atoms with E-state index in [0.29, 0.717) is 55.8 Å². The molecule has 0 aliphatic carbocycles. The van der Waals surface area contributed by atoms with E-state index in [9.17, 15) is 18.4 Å². The number of fused-ring (bicyclic) bond motifs is 1. The number of H-pyrrole nitrogens is 1. The molecule has 0 saturated carbocycles. The van der Waals surface area contributed by atoms with Gasteiger partial charge in [0.05, 0.1) is 23.4 Å². The molecule has 14 nitrogen and oxygen atoms in total. The molecular formula is C35H40F2N10O4. The third kappa shape index (κ3) is 9.78. The van der Waals surface area contributed by atoms with Crippen molar-refractivity contribution in [1.29, 1.82) is 0 Å². The van der Waals surface area contributed by atoms with E-state index in [1.807, 2.05) is 18.2 Å². The molecule has 51 heavy (non-hydrogen) atoms. The molecule has 7 N–H and O–H groups in total. The molecule has 2 fully saturated rings. The van der Waals surface area contributed by atoms with Gasteiger partial charge in [-0.25, -0.2) is 33.3 Å². The van der Waals surface area contributed by atoms with E-state index >= 15 is 0 Å². The van der Waals surface area contributed by atoms with Crippen LogP contribution in [-0.2, 0) is 4.74 Å². The maximum atomic E-state index is 13.0. The van der Waals surface area contributed by atoms with Crippen LogP contribution in [0.2, 0.25) is 0 Å². The van der Waals surface area contributed by atoms with E-state index in [1.54, 1.807) is 30.0 Å². The molecule has 16 heteroatoms. The zero-order valence-electron chi connectivity index (χ0n) is 28.1. The number of nitrogens with one attached hydrogen (secondary N) is 2. The second-order valence-electron chi connectivity index (χ2n) is 11.5. The normalized spacial score (nSPS) is 14.2. The summed E-state index contributed by atoms with van der Waals surface area (Å²) in [6, 6.07) is 18.6. The van der Waals surface area contributed by atoms with Crippen LogP contribution in [0.25, 0.3) is 22.6 Å². The van der Waals surface area contributed by atoms with E-state index in [4.69, 9.17) is 21.3 Å². The second-order valence-corrected chi connectivity index (χ2v) is 11.5. The minimum absolute atomic E-state index is 0.0985. The number of anilines is 4. The Morgan fingerprint density at radius 3 is 1.98 bits per heavy atom. The van der Waals surface area contributed by atoms with Crippen molar-refractivity contribution in [3.8, 4) is 11.4 Å². The van der Waals surface area contributed by atoms with Gasteiger partial charge in [-0.3, -0.25) is 0 Å². The van der Waals surface area contributed by atoms with Crippen molar-refractivity contribution in [1.82, 2.24) is 30.2 Å². The minimum Gasteiger partial charge on any atom is -0.478 e. The summed E-state index contributed by atoms with van der Waals surface area (Å²) in [6.45, 7) is 8.69. The Balaban J connectivity index is 0.000000159. The lowest BCUT2D eigenvalue weighted by molar-refractivity contribution is 0.0696. The Hall–Kier alpha value is -6.03. The second kappa shape index (κ2) is 17.1. The fourth-order valence-electron chi connectivity index (χ4n) is 5.27. The van der Waals surface area contributed by atoms with E-state index in [0.717, 1.165) is 61.0 Å². The Labute approximate surface area is 293 Å². The molecule has 0 bridgehead atoms. The van der Waals surface area contributed by atoms with E-state index in [2.05, 4.69) is 35.1 Å². The van der Waals surface area contributed by atoms with Crippen LogP contribution in [0.1, 0.15) is 17.3 Å². The van der Waals surface area contributed by atoms with Gasteiger partial charge in [0.1, 0.15) is 34.9 Å². The van der Waals surface area contributed by atoms with Gasteiger partial charge in [0.15, 0.2) is 5.65 Å². The third-order valence-electron chi connectivity index (χ3n) is 8.05. The van der Waals surface area contributed by atoms with Gasteiger partial charge in [0, 0.05) is 57.9 Å². The van der Waals surface area contributed by atoms with Crippen LogP contribution in [0.15, 0.2) is 72.8 Å². The quantitative estimate of drug-likeness (QED) is 0.176. The largest absolute Gasteiger partial charge is 0.478 e. The number of carbonyl (C=O) groups excluding carboxylic acids is 1. The lowest BCUT2D eigenvalue weighted by atomic mass is 10.2. The molecule has 0 unspecified atom stereocenters. The number of hydrogen-bond donors (Lipinski definition) is 5. The Morgan fingerprint density at radius 1 is 0.784 bits per heavy atom. The van der Waals surface area contributed by atoms with Crippen LogP contribution in [-0.4, -0.2) is 101 Å². The number of nitrogens with zero attached hydrogens (tertiary/aromatic N) is 6. The highest BCUT2D eigenvalue weighted by Gasteiger charge is 2.23. The number of benzene rings is 2. The number of hydrogen-bond acceptors (Lipinski definition) is 11. The van der Waals surface area contributed by atoms with Crippen LogP contribution >= 0.6 is 0 Å². The number of halogens is 2. The van der Waals surface area contributed by atoms with Crippen molar-refractivity contribution in [2.24, 2.45) is 0 Å². The summed E-state index contributed by atoms with van der Waals surface area (Å²) in [6.07, 6.45) is -0.257. The molecule has 5 aromatic rings. The summed E-state index contributed by atoms with van der Waals surface area (Å²) in [7, 11) is 0. The molecule has 0 spiro atoms. The average molecular weight is 703 g/mol. The van der Waals surface area contributed by atoms with Gasteiger partial charge in [-0.1, -0.05) is 0 Å². The summed E-state index contributed by atoms with van der Waals surface area (Å²) in [4.78, 5) is 44.4. The van der Waals surface area contributed by atoms with Crippen molar-refractivity contribution >= 4 is 46.4 Å². The number of aromatic carboxylic acids is 1. The zero-order chi connectivity index (χ0) is 36.3. The maximum absolute atomic E-state index is 13.0. The number of carboxylic acid groups (broad SMARTS) is 1. The Bertz CT molecular complexity index is 1910. The Morgan fingerprint density at radius 2 is 1.37 bits per heavy atom. The average Bonchev–Trinajstić information content (AvgIpc) is 3.58. The highest BCUT2D eigenvalue weighted by Crippen LogP contribution is 2.23. The molecule has 2 aliphatic rings. The first-order chi connectivity index (χ1) is 24.6. The molecule has 2 saturated heterocycles. The summed E-state index contributed by atoms with van der Waals surface area (Å²) >= 11 is 0. The molecular weight excluding hydrogens is 662 g/mol. The number of amides is 1.